The Labute approximate surface area is 105 Å². The standard InChI is InChI=1S/C14H27NO2/c1-11(2)12(16)10-15-13(17)9-14(3)7-5-4-6-8-14/h11-12,16H,4-10H2,1-3H3,(H,15,17). The average Bonchev–Trinajstić information content (AvgIpc) is 2.26. The Hall–Kier alpha value is -0.570. The van der Waals surface area contributed by atoms with Gasteiger partial charge >= 0.3 is 0 Å². The minimum Gasteiger partial charge on any atom is -0.391 e. The SMILES string of the molecule is CC(C)C(O)CNC(=O)CC1(C)CCCCC1. The van der Waals surface area contributed by atoms with E-state index in [1.807, 2.05) is 13.8 Å². The van der Waals surface area contributed by atoms with Crippen LogP contribution in [-0.2, 0) is 4.79 Å². The number of aliphatic hydroxyl groups excluding tert-OH is 1. The summed E-state index contributed by atoms with van der Waals surface area (Å²) in [5.74, 6) is 0.287. The molecule has 0 saturated heterocycles. The first-order valence-electron chi connectivity index (χ1n) is 6.88. The van der Waals surface area contributed by atoms with Gasteiger partial charge in [-0.2, -0.15) is 0 Å². The number of rotatable bonds is 5. The van der Waals surface area contributed by atoms with Crippen molar-refractivity contribution in [3.63, 3.8) is 0 Å². The summed E-state index contributed by atoms with van der Waals surface area (Å²) in [4.78, 5) is 11.8. The molecule has 1 aliphatic carbocycles. The molecule has 100 valence electrons. The predicted molar refractivity (Wildman–Crippen MR) is 69.7 cm³/mol. The number of carbonyl (C=O) groups is 1. The maximum Gasteiger partial charge on any atom is 0.220 e. The molecule has 3 heteroatoms. The maximum atomic E-state index is 11.8. The van der Waals surface area contributed by atoms with Gasteiger partial charge in [0.15, 0.2) is 0 Å². The Kier molecular flexibility index (Phi) is 5.44. The van der Waals surface area contributed by atoms with Crippen LogP contribution in [0.5, 0.6) is 0 Å². The molecule has 1 atom stereocenters. The first kappa shape index (κ1) is 14.5. The van der Waals surface area contributed by atoms with Gasteiger partial charge in [-0.3, -0.25) is 4.79 Å². The topological polar surface area (TPSA) is 49.3 Å². The van der Waals surface area contributed by atoms with Crippen LogP contribution in [0, 0.1) is 11.3 Å². The Morgan fingerprint density at radius 3 is 2.41 bits per heavy atom. The van der Waals surface area contributed by atoms with Crippen molar-refractivity contribution in [3.8, 4) is 0 Å². The van der Waals surface area contributed by atoms with Crippen LogP contribution in [0.2, 0.25) is 0 Å². The third-order valence-corrected chi connectivity index (χ3v) is 3.93. The summed E-state index contributed by atoms with van der Waals surface area (Å²) in [6.07, 6.45) is 6.30. The van der Waals surface area contributed by atoms with Crippen LogP contribution in [0.4, 0.5) is 0 Å². The molecule has 0 aromatic rings. The summed E-state index contributed by atoms with van der Waals surface area (Å²) in [7, 11) is 0. The number of carbonyl (C=O) groups excluding carboxylic acids is 1. The summed E-state index contributed by atoms with van der Waals surface area (Å²) in [5, 5.41) is 12.5. The van der Waals surface area contributed by atoms with Crippen LogP contribution < -0.4 is 5.32 Å². The molecular weight excluding hydrogens is 214 g/mol. The number of amides is 1. The smallest absolute Gasteiger partial charge is 0.220 e. The lowest BCUT2D eigenvalue weighted by Gasteiger charge is -2.33. The number of hydrogen-bond acceptors (Lipinski definition) is 2. The van der Waals surface area contributed by atoms with E-state index in [0.717, 1.165) is 12.8 Å². The van der Waals surface area contributed by atoms with E-state index in [-0.39, 0.29) is 17.2 Å². The molecule has 0 aromatic heterocycles. The molecule has 1 unspecified atom stereocenters. The van der Waals surface area contributed by atoms with Gasteiger partial charge in [-0.1, -0.05) is 40.0 Å². The van der Waals surface area contributed by atoms with Gasteiger partial charge < -0.3 is 10.4 Å². The normalized spacial score (nSPS) is 21.2. The zero-order valence-electron chi connectivity index (χ0n) is 11.5. The Morgan fingerprint density at radius 1 is 1.29 bits per heavy atom. The van der Waals surface area contributed by atoms with Gasteiger partial charge in [0.05, 0.1) is 6.10 Å². The van der Waals surface area contributed by atoms with E-state index in [0.29, 0.717) is 13.0 Å². The van der Waals surface area contributed by atoms with Crippen molar-refractivity contribution in [1.82, 2.24) is 5.32 Å². The van der Waals surface area contributed by atoms with Crippen LogP contribution in [0.15, 0.2) is 0 Å². The highest BCUT2D eigenvalue weighted by Gasteiger charge is 2.29. The lowest BCUT2D eigenvalue weighted by Crippen LogP contribution is -2.37. The second-order valence-electron chi connectivity index (χ2n) is 6.16. The first-order valence-corrected chi connectivity index (χ1v) is 6.88. The van der Waals surface area contributed by atoms with Gasteiger partial charge in [-0.25, -0.2) is 0 Å². The average molecular weight is 241 g/mol. The molecule has 1 amide bonds. The lowest BCUT2D eigenvalue weighted by atomic mass is 9.73. The molecular formula is C14H27NO2. The first-order chi connectivity index (χ1) is 7.93. The van der Waals surface area contributed by atoms with E-state index in [4.69, 9.17) is 0 Å². The molecule has 1 rings (SSSR count). The summed E-state index contributed by atoms with van der Waals surface area (Å²) in [6, 6.07) is 0. The van der Waals surface area contributed by atoms with Crippen molar-refractivity contribution >= 4 is 5.91 Å². The molecule has 0 heterocycles. The van der Waals surface area contributed by atoms with Crippen molar-refractivity contribution in [3.05, 3.63) is 0 Å². The fourth-order valence-electron chi connectivity index (χ4n) is 2.49. The molecule has 0 spiro atoms. The Morgan fingerprint density at radius 2 is 1.88 bits per heavy atom. The maximum absolute atomic E-state index is 11.8. The third-order valence-electron chi connectivity index (χ3n) is 3.93. The second-order valence-corrected chi connectivity index (χ2v) is 6.16. The highest BCUT2D eigenvalue weighted by Crippen LogP contribution is 2.38. The van der Waals surface area contributed by atoms with Gasteiger partial charge in [0.2, 0.25) is 5.91 Å². The minimum absolute atomic E-state index is 0.0918. The minimum atomic E-state index is -0.432. The molecule has 1 fully saturated rings. The summed E-state index contributed by atoms with van der Waals surface area (Å²) in [6.45, 7) is 6.51. The molecule has 0 radical (unpaired) electrons. The van der Waals surface area contributed by atoms with Crippen LogP contribution in [0.25, 0.3) is 0 Å². The fourth-order valence-corrected chi connectivity index (χ4v) is 2.49. The van der Waals surface area contributed by atoms with Gasteiger partial charge in [-0.05, 0) is 24.2 Å². The van der Waals surface area contributed by atoms with Crippen LogP contribution in [0.3, 0.4) is 0 Å². The highest BCUT2D eigenvalue weighted by atomic mass is 16.3. The van der Waals surface area contributed by atoms with Crippen molar-refractivity contribution in [1.29, 1.82) is 0 Å². The van der Waals surface area contributed by atoms with E-state index < -0.39 is 6.10 Å². The number of aliphatic hydroxyl groups is 1. The predicted octanol–water partition coefficient (Wildman–Crippen LogP) is 2.48. The van der Waals surface area contributed by atoms with Gasteiger partial charge in [0.1, 0.15) is 0 Å². The molecule has 3 nitrogen and oxygen atoms in total. The molecule has 0 aromatic carbocycles. The molecule has 1 aliphatic rings. The molecule has 17 heavy (non-hydrogen) atoms. The number of nitrogens with one attached hydrogen (secondary N) is 1. The Bertz CT molecular complexity index is 245. The molecule has 0 aliphatic heterocycles. The van der Waals surface area contributed by atoms with Crippen LogP contribution in [-0.4, -0.2) is 23.7 Å². The molecule has 1 saturated carbocycles. The van der Waals surface area contributed by atoms with Gasteiger partial charge in [0.25, 0.3) is 0 Å². The van der Waals surface area contributed by atoms with E-state index in [2.05, 4.69) is 12.2 Å². The fraction of sp³-hybridized carbons (Fsp3) is 0.929. The van der Waals surface area contributed by atoms with Crippen molar-refractivity contribution in [2.24, 2.45) is 11.3 Å². The van der Waals surface area contributed by atoms with Gasteiger partial charge in [0, 0.05) is 13.0 Å². The van der Waals surface area contributed by atoms with E-state index >= 15 is 0 Å². The van der Waals surface area contributed by atoms with E-state index in [9.17, 15) is 9.90 Å². The summed E-state index contributed by atoms with van der Waals surface area (Å²) in [5.41, 5.74) is 0.186. The second kappa shape index (κ2) is 6.39. The monoisotopic (exact) mass is 241 g/mol. The lowest BCUT2D eigenvalue weighted by molar-refractivity contribution is -0.124. The van der Waals surface area contributed by atoms with Crippen LogP contribution in [0.1, 0.15) is 59.3 Å². The van der Waals surface area contributed by atoms with Crippen molar-refractivity contribution < 1.29 is 9.90 Å². The third kappa shape index (κ3) is 5.07. The summed E-state index contributed by atoms with van der Waals surface area (Å²) >= 11 is 0. The Balaban J connectivity index is 2.28. The van der Waals surface area contributed by atoms with Crippen molar-refractivity contribution in [2.45, 2.75) is 65.4 Å². The van der Waals surface area contributed by atoms with Gasteiger partial charge in [-0.15, -0.1) is 0 Å². The zero-order valence-corrected chi connectivity index (χ0v) is 11.5. The molecule has 2 N–H and O–H groups in total. The largest absolute Gasteiger partial charge is 0.391 e. The number of hydrogen-bond donors (Lipinski definition) is 2. The quantitative estimate of drug-likeness (QED) is 0.777. The summed E-state index contributed by atoms with van der Waals surface area (Å²) < 4.78 is 0. The highest BCUT2D eigenvalue weighted by molar-refractivity contribution is 5.76. The van der Waals surface area contributed by atoms with E-state index in [1.165, 1.54) is 19.3 Å². The van der Waals surface area contributed by atoms with E-state index in [1.54, 1.807) is 0 Å². The zero-order chi connectivity index (χ0) is 12.9. The molecule has 0 bridgehead atoms. The van der Waals surface area contributed by atoms with Crippen LogP contribution >= 0.6 is 0 Å². The van der Waals surface area contributed by atoms with Crippen molar-refractivity contribution in [2.75, 3.05) is 6.54 Å².